The zero-order chi connectivity index (χ0) is 14.4. The first kappa shape index (κ1) is 14.4. The van der Waals surface area contributed by atoms with E-state index in [2.05, 4.69) is 16.6 Å². The first-order valence-electron chi connectivity index (χ1n) is 5.12. The Morgan fingerprint density at radius 2 is 1.63 bits per heavy atom. The molecule has 0 aliphatic carbocycles. The van der Waals surface area contributed by atoms with E-state index in [0.717, 1.165) is 0 Å². The number of carboxylic acid groups (broad SMARTS) is 1. The van der Waals surface area contributed by atoms with Crippen molar-refractivity contribution in [2.24, 2.45) is 0 Å². The monoisotopic (exact) mass is 264 g/mol. The van der Waals surface area contributed by atoms with Crippen LogP contribution in [-0.2, 0) is 9.53 Å². The lowest BCUT2D eigenvalue weighted by atomic mass is 10.1. The smallest absolute Gasteiger partial charge is 0.384 e. The van der Waals surface area contributed by atoms with Gasteiger partial charge in [0.1, 0.15) is 17.1 Å². The third-order valence-electron chi connectivity index (χ3n) is 2.23. The first-order valence-corrected chi connectivity index (χ1v) is 5.12. The number of hydrogen-bond acceptors (Lipinski definition) is 5. The topological polar surface area (TPSA) is 82.1 Å². The van der Waals surface area contributed by atoms with E-state index in [4.69, 9.17) is 14.6 Å². The summed E-state index contributed by atoms with van der Waals surface area (Å²) in [7, 11) is 3.94. The number of ether oxygens (including phenoxy) is 3. The number of carboxylic acids is 1. The summed E-state index contributed by atoms with van der Waals surface area (Å²) in [6, 6.07) is 2.60. The fraction of sp³-hybridized carbons (Fsp3) is 0.231. The number of hydrogen-bond donors (Lipinski definition) is 1. The molecule has 1 aromatic carbocycles. The average Bonchev–Trinajstić information content (AvgIpc) is 2.43. The number of carbonyl (C=O) groups excluding carboxylic acids is 1. The summed E-state index contributed by atoms with van der Waals surface area (Å²) in [6.45, 7) is 0. The molecule has 0 saturated heterocycles. The Morgan fingerprint density at radius 1 is 1.11 bits per heavy atom. The van der Waals surface area contributed by atoms with Gasteiger partial charge in [0.2, 0.25) is 0 Å². The first-order chi connectivity index (χ1) is 9.03. The van der Waals surface area contributed by atoms with E-state index in [1.54, 1.807) is 0 Å². The van der Waals surface area contributed by atoms with E-state index in [0.29, 0.717) is 0 Å². The van der Waals surface area contributed by atoms with Crippen LogP contribution in [0, 0.1) is 11.8 Å². The maximum Gasteiger partial charge on any atom is 0.384 e. The number of carbonyl (C=O) groups is 2. The van der Waals surface area contributed by atoms with Gasteiger partial charge in [-0.25, -0.2) is 9.59 Å². The molecule has 0 saturated carbocycles. The van der Waals surface area contributed by atoms with Crippen LogP contribution >= 0.6 is 0 Å². The summed E-state index contributed by atoms with van der Waals surface area (Å²) in [6.07, 6.45) is 0. The normalized spacial score (nSPS) is 9.00. The molecule has 6 nitrogen and oxygen atoms in total. The van der Waals surface area contributed by atoms with Crippen LogP contribution in [0.15, 0.2) is 12.1 Å². The zero-order valence-corrected chi connectivity index (χ0v) is 10.6. The van der Waals surface area contributed by atoms with E-state index in [1.807, 2.05) is 0 Å². The Labute approximate surface area is 109 Å². The number of benzene rings is 1. The third-order valence-corrected chi connectivity index (χ3v) is 2.23. The lowest BCUT2D eigenvalue weighted by molar-refractivity contribution is -0.133. The zero-order valence-electron chi connectivity index (χ0n) is 10.6. The summed E-state index contributed by atoms with van der Waals surface area (Å²) >= 11 is 0. The van der Waals surface area contributed by atoms with Crippen molar-refractivity contribution in [1.29, 1.82) is 0 Å². The van der Waals surface area contributed by atoms with Crippen LogP contribution in [0.1, 0.15) is 15.9 Å². The van der Waals surface area contributed by atoms with Crippen LogP contribution < -0.4 is 9.47 Å². The molecular formula is C13H12O6. The lowest BCUT2D eigenvalue weighted by Crippen LogP contribution is -2.02. The molecule has 100 valence electrons. The van der Waals surface area contributed by atoms with Crippen molar-refractivity contribution in [2.45, 2.75) is 0 Å². The summed E-state index contributed by atoms with van der Waals surface area (Å²) in [5.41, 5.74) is 0.276. The molecule has 19 heavy (non-hydrogen) atoms. The minimum absolute atomic E-state index is 0.00248. The van der Waals surface area contributed by atoms with Gasteiger partial charge in [-0.15, -0.1) is 0 Å². The molecule has 0 aliphatic rings. The highest BCUT2D eigenvalue weighted by Crippen LogP contribution is 2.29. The van der Waals surface area contributed by atoms with Crippen LogP contribution in [0.25, 0.3) is 0 Å². The van der Waals surface area contributed by atoms with Crippen LogP contribution in [0.5, 0.6) is 11.5 Å². The van der Waals surface area contributed by atoms with Crippen molar-refractivity contribution in [3.8, 4) is 23.3 Å². The maximum absolute atomic E-state index is 11.0. The quantitative estimate of drug-likeness (QED) is 0.646. The van der Waals surface area contributed by atoms with Crippen LogP contribution in [0.4, 0.5) is 0 Å². The van der Waals surface area contributed by atoms with Crippen LogP contribution in [0.3, 0.4) is 0 Å². The van der Waals surface area contributed by atoms with Crippen LogP contribution in [-0.4, -0.2) is 38.4 Å². The van der Waals surface area contributed by atoms with E-state index < -0.39 is 11.9 Å². The van der Waals surface area contributed by atoms with Gasteiger partial charge in [0, 0.05) is 5.92 Å². The lowest BCUT2D eigenvalue weighted by Gasteiger charge is -2.09. The Bertz CT molecular complexity index is 539. The molecule has 0 aromatic heterocycles. The molecule has 1 N–H and O–H groups in total. The Hall–Kier alpha value is -2.68. The van der Waals surface area contributed by atoms with Gasteiger partial charge in [0.25, 0.3) is 0 Å². The SMILES string of the molecule is COC(=O)C#Cc1c(OC)cc(C(=O)O)cc1OC. The molecule has 0 unspecified atom stereocenters. The average molecular weight is 264 g/mol. The number of esters is 1. The highest BCUT2D eigenvalue weighted by Gasteiger charge is 2.14. The minimum atomic E-state index is -1.12. The van der Waals surface area contributed by atoms with E-state index in [1.165, 1.54) is 33.5 Å². The number of aromatic carboxylic acids is 1. The van der Waals surface area contributed by atoms with Gasteiger partial charge >= 0.3 is 11.9 Å². The highest BCUT2D eigenvalue weighted by molar-refractivity contribution is 5.91. The molecule has 6 heteroatoms. The predicted molar refractivity (Wildman–Crippen MR) is 65.4 cm³/mol. The molecule has 0 radical (unpaired) electrons. The Balaban J connectivity index is 3.39. The summed E-state index contributed by atoms with van der Waals surface area (Å²) in [5, 5.41) is 8.95. The Kier molecular flexibility index (Phi) is 4.77. The second-order valence-corrected chi connectivity index (χ2v) is 3.30. The van der Waals surface area contributed by atoms with Crippen LogP contribution in [0.2, 0.25) is 0 Å². The maximum atomic E-state index is 11.0. The molecule has 0 spiro atoms. The summed E-state index contributed by atoms with van der Waals surface area (Å²) in [5.74, 6) is 3.33. The van der Waals surface area contributed by atoms with Gasteiger partial charge in [-0.05, 0) is 18.1 Å². The van der Waals surface area contributed by atoms with Crippen molar-refractivity contribution in [3.05, 3.63) is 23.3 Å². The van der Waals surface area contributed by atoms with E-state index >= 15 is 0 Å². The van der Waals surface area contributed by atoms with Gasteiger partial charge in [-0.3, -0.25) is 0 Å². The van der Waals surface area contributed by atoms with Gasteiger partial charge in [-0.2, -0.15) is 0 Å². The second kappa shape index (κ2) is 6.31. The fourth-order valence-corrected chi connectivity index (χ4v) is 1.32. The van der Waals surface area contributed by atoms with Gasteiger partial charge < -0.3 is 19.3 Å². The highest BCUT2D eigenvalue weighted by atomic mass is 16.5. The van der Waals surface area contributed by atoms with Gasteiger partial charge in [0.05, 0.1) is 26.9 Å². The fourth-order valence-electron chi connectivity index (χ4n) is 1.32. The summed E-state index contributed by atoms with van der Waals surface area (Å²) < 4.78 is 14.5. The standard InChI is InChI=1S/C13H12O6/c1-17-10-6-8(13(15)16)7-11(18-2)9(10)4-5-12(14)19-3/h6-7H,1-3H3,(H,15,16). The Morgan fingerprint density at radius 3 is 2.00 bits per heavy atom. The van der Waals surface area contributed by atoms with Gasteiger partial charge in [-0.1, -0.05) is 0 Å². The molecule has 1 rings (SSSR count). The van der Waals surface area contributed by atoms with Crippen molar-refractivity contribution in [3.63, 3.8) is 0 Å². The van der Waals surface area contributed by atoms with Crippen molar-refractivity contribution < 1.29 is 28.9 Å². The third kappa shape index (κ3) is 3.39. The number of methoxy groups -OCH3 is 3. The largest absolute Gasteiger partial charge is 0.495 e. The molecule has 0 heterocycles. The number of rotatable bonds is 3. The summed E-state index contributed by atoms with van der Waals surface area (Å²) in [4.78, 5) is 21.9. The molecule has 0 atom stereocenters. The van der Waals surface area contributed by atoms with Crippen molar-refractivity contribution in [2.75, 3.05) is 21.3 Å². The van der Waals surface area contributed by atoms with E-state index in [-0.39, 0.29) is 22.6 Å². The predicted octanol–water partition coefficient (Wildman–Crippen LogP) is 0.926. The van der Waals surface area contributed by atoms with E-state index in [9.17, 15) is 9.59 Å². The van der Waals surface area contributed by atoms with Crippen molar-refractivity contribution in [1.82, 2.24) is 0 Å². The minimum Gasteiger partial charge on any atom is -0.495 e. The van der Waals surface area contributed by atoms with Crippen molar-refractivity contribution >= 4 is 11.9 Å². The second-order valence-electron chi connectivity index (χ2n) is 3.30. The molecule has 0 fully saturated rings. The molecule has 0 bridgehead atoms. The molecule has 0 amide bonds. The molecular weight excluding hydrogens is 252 g/mol. The van der Waals surface area contributed by atoms with Gasteiger partial charge in [0.15, 0.2) is 0 Å². The molecule has 1 aromatic rings. The molecule has 0 aliphatic heterocycles.